The lowest BCUT2D eigenvalue weighted by atomic mass is 10.1. The highest BCUT2D eigenvalue weighted by molar-refractivity contribution is 7.12. The number of hydrogen-bond donors (Lipinski definition) is 1. The van der Waals surface area contributed by atoms with Crippen molar-refractivity contribution in [2.24, 2.45) is 0 Å². The standard InChI is InChI=1S/C15H17F2NS/c1-9-6-13(11(3)19-9)10(2)18-8-12-4-5-14(16)15(17)7-12/h4-7,10,18H,8H2,1-3H3. The molecule has 0 spiro atoms. The summed E-state index contributed by atoms with van der Waals surface area (Å²) < 4.78 is 25.9. The third-order valence-electron chi connectivity index (χ3n) is 3.14. The lowest BCUT2D eigenvalue weighted by Gasteiger charge is -2.14. The molecule has 0 radical (unpaired) electrons. The lowest BCUT2D eigenvalue weighted by Crippen LogP contribution is -2.18. The van der Waals surface area contributed by atoms with E-state index in [0.717, 1.165) is 11.6 Å². The van der Waals surface area contributed by atoms with Crippen LogP contribution in [-0.2, 0) is 6.54 Å². The smallest absolute Gasteiger partial charge is 0.159 e. The number of halogens is 2. The van der Waals surface area contributed by atoms with Crippen molar-refractivity contribution in [1.29, 1.82) is 0 Å². The molecule has 19 heavy (non-hydrogen) atoms. The van der Waals surface area contributed by atoms with E-state index in [-0.39, 0.29) is 6.04 Å². The van der Waals surface area contributed by atoms with E-state index >= 15 is 0 Å². The van der Waals surface area contributed by atoms with E-state index < -0.39 is 11.6 Å². The Morgan fingerprint density at radius 1 is 1.16 bits per heavy atom. The molecule has 0 amide bonds. The van der Waals surface area contributed by atoms with Crippen LogP contribution in [0.3, 0.4) is 0 Å². The first-order valence-electron chi connectivity index (χ1n) is 6.21. The number of hydrogen-bond acceptors (Lipinski definition) is 2. The molecule has 1 heterocycles. The van der Waals surface area contributed by atoms with Crippen LogP contribution >= 0.6 is 11.3 Å². The van der Waals surface area contributed by atoms with Crippen molar-refractivity contribution in [2.75, 3.05) is 0 Å². The zero-order valence-electron chi connectivity index (χ0n) is 11.3. The Bertz CT molecular complexity index is 578. The van der Waals surface area contributed by atoms with E-state index in [1.165, 1.54) is 21.4 Å². The molecule has 0 aliphatic rings. The predicted octanol–water partition coefficient (Wildman–Crippen LogP) is 4.49. The highest BCUT2D eigenvalue weighted by Gasteiger charge is 2.11. The molecule has 1 N–H and O–H groups in total. The highest BCUT2D eigenvalue weighted by atomic mass is 32.1. The number of rotatable bonds is 4. The molecule has 1 aromatic carbocycles. The van der Waals surface area contributed by atoms with Gasteiger partial charge in [-0.1, -0.05) is 6.07 Å². The van der Waals surface area contributed by atoms with Crippen LogP contribution in [0.15, 0.2) is 24.3 Å². The van der Waals surface area contributed by atoms with E-state index in [1.54, 1.807) is 17.4 Å². The summed E-state index contributed by atoms with van der Waals surface area (Å²) in [6, 6.07) is 6.36. The molecule has 4 heteroatoms. The Morgan fingerprint density at radius 3 is 2.47 bits per heavy atom. The zero-order valence-corrected chi connectivity index (χ0v) is 12.1. The number of thiophene rings is 1. The molecule has 2 aromatic rings. The Morgan fingerprint density at radius 2 is 1.89 bits per heavy atom. The topological polar surface area (TPSA) is 12.0 Å². The molecule has 0 aliphatic heterocycles. The van der Waals surface area contributed by atoms with Gasteiger partial charge in [-0.3, -0.25) is 0 Å². The quantitative estimate of drug-likeness (QED) is 0.870. The second kappa shape index (κ2) is 5.80. The van der Waals surface area contributed by atoms with Crippen LogP contribution in [0.25, 0.3) is 0 Å². The van der Waals surface area contributed by atoms with E-state index in [4.69, 9.17) is 0 Å². The summed E-state index contributed by atoms with van der Waals surface area (Å²) >= 11 is 1.77. The van der Waals surface area contributed by atoms with Gasteiger partial charge in [0.15, 0.2) is 11.6 Å². The van der Waals surface area contributed by atoms with Crippen molar-refractivity contribution in [2.45, 2.75) is 33.4 Å². The second-order valence-corrected chi connectivity index (χ2v) is 6.18. The van der Waals surface area contributed by atoms with Crippen molar-refractivity contribution in [1.82, 2.24) is 5.32 Å². The largest absolute Gasteiger partial charge is 0.306 e. The normalized spacial score (nSPS) is 12.7. The Kier molecular flexibility index (Phi) is 4.32. The molecule has 0 bridgehead atoms. The number of benzene rings is 1. The van der Waals surface area contributed by atoms with Crippen molar-refractivity contribution >= 4 is 11.3 Å². The molecule has 0 saturated carbocycles. The van der Waals surface area contributed by atoms with Gasteiger partial charge in [0.2, 0.25) is 0 Å². The average molecular weight is 281 g/mol. The molecule has 102 valence electrons. The number of aryl methyl sites for hydroxylation is 2. The monoisotopic (exact) mass is 281 g/mol. The fraction of sp³-hybridized carbons (Fsp3) is 0.333. The first-order valence-corrected chi connectivity index (χ1v) is 7.03. The fourth-order valence-electron chi connectivity index (χ4n) is 2.11. The zero-order chi connectivity index (χ0) is 14.0. The molecular formula is C15H17F2NS. The summed E-state index contributed by atoms with van der Waals surface area (Å²) in [5.41, 5.74) is 2.01. The fourth-order valence-corrected chi connectivity index (χ4v) is 3.13. The van der Waals surface area contributed by atoms with Crippen LogP contribution in [-0.4, -0.2) is 0 Å². The van der Waals surface area contributed by atoms with Crippen molar-refractivity contribution < 1.29 is 8.78 Å². The Labute approximate surface area is 116 Å². The molecule has 2 rings (SSSR count). The minimum absolute atomic E-state index is 0.193. The highest BCUT2D eigenvalue weighted by Crippen LogP contribution is 2.26. The van der Waals surface area contributed by atoms with Crippen molar-refractivity contribution in [3.8, 4) is 0 Å². The molecular weight excluding hydrogens is 264 g/mol. The molecule has 1 atom stereocenters. The third kappa shape index (κ3) is 3.39. The van der Waals surface area contributed by atoms with Crippen LogP contribution in [0.1, 0.15) is 33.8 Å². The van der Waals surface area contributed by atoms with Gasteiger partial charge in [-0.05, 0) is 50.1 Å². The van der Waals surface area contributed by atoms with Gasteiger partial charge in [0.1, 0.15) is 0 Å². The number of nitrogens with one attached hydrogen (secondary N) is 1. The molecule has 0 fully saturated rings. The Balaban J connectivity index is 2.02. The summed E-state index contributed by atoms with van der Waals surface area (Å²) in [5.74, 6) is -1.60. The molecule has 0 aliphatic carbocycles. The van der Waals surface area contributed by atoms with Crippen molar-refractivity contribution in [3.63, 3.8) is 0 Å². The maximum Gasteiger partial charge on any atom is 0.159 e. The van der Waals surface area contributed by atoms with Gasteiger partial charge in [0.25, 0.3) is 0 Å². The van der Waals surface area contributed by atoms with Gasteiger partial charge in [-0.2, -0.15) is 0 Å². The summed E-state index contributed by atoms with van der Waals surface area (Å²) in [6.45, 7) is 6.78. The summed E-state index contributed by atoms with van der Waals surface area (Å²) in [7, 11) is 0. The maximum atomic E-state index is 13.1. The summed E-state index contributed by atoms with van der Waals surface area (Å²) in [6.07, 6.45) is 0. The van der Waals surface area contributed by atoms with Crippen LogP contribution < -0.4 is 5.32 Å². The van der Waals surface area contributed by atoms with Crippen molar-refractivity contribution in [3.05, 3.63) is 56.8 Å². The first-order chi connectivity index (χ1) is 8.97. The Hall–Kier alpha value is -1.26. The van der Waals surface area contributed by atoms with Gasteiger partial charge in [-0.15, -0.1) is 11.3 Å². The molecule has 1 nitrogen and oxygen atoms in total. The molecule has 0 saturated heterocycles. The predicted molar refractivity (Wildman–Crippen MR) is 75.4 cm³/mol. The summed E-state index contributed by atoms with van der Waals surface area (Å²) in [5, 5.41) is 3.33. The minimum atomic E-state index is -0.805. The third-order valence-corrected chi connectivity index (χ3v) is 4.12. The molecule has 1 unspecified atom stereocenters. The van der Waals surface area contributed by atoms with Crippen LogP contribution in [0.4, 0.5) is 8.78 Å². The van der Waals surface area contributed by atoms with E-state index in [9.17, 15) is 8.78 Å². The SMILES string of the molecule is Cc1cc(C(C)NCc2ccc(F)c(F)c2)c(C)s1. The van der Waals surface area contributed by atoms with Gasteiger partial charge >= 0.3 is 0 Å². The van der Waals surface area contributed by atoms with Gasteiger partial charge in [-0.25, -0.2) is 8.78 Å². The lowest BCUT2D eigenvalue weighted by molar-refractivity contribution is 0.504. The minimum Gasteiger partial charge on any atom is -0.306 e. The van der Waals surface area contributed by atoms with Gasteiger partial charge in [0, 0.05) is 22.3 Å². The van der Waals surface area contributed by atoms with Crippen LogP contribution in [0, 0.1) is 25.5 Å². The van der Waals surface area contributed by atoms with E-state index in [2.05, 4.69) is 32.2 Å². The van der Waals surface area contributed by atoms with E-state index in [0.29, 0.717) is 6.54 Å². The second-order valence-electron chi connectivity index (χ2n) is 4.72. The van der Waals surface area contributed by atoms with E-state index in [1.807, 2.05) is 0 Å². The first kappa shape index (κ1) is 14.2. The van der Waals surface area contributed by atoms with Gasteiger partial charge < -0.3 is 5.32 Å². The molecule has 1 aromatic heterocycles. The van der Waals surface area contributed by atoms with Crippen LogP contribution in [0.5, 0.6) is 0 Å². The average Bonchev–Trinajstić information content (AvgIpc) is 2.70. The van der Waals surface area contributed by atoms with Gasteiger partial charge in [0.05, 0.1) is 0 Å². The summed E-state index contributed by atoms with van der Waals surface area (Å²) in [4.78, 5) is 2.58. The van der Waals surface area contributed by atoms with Crippen LogP contribution in [0.2, 0.25) is 0 Å². The maximum absolute atomic E-state index is 13.1.